The number of halogens is 2. The molecule has 0 radical (unpaired) electrons. The molecule has 2 aromatic rings. The summed E-state index contributed by atoms with van der Waals surface area (Å²) in [6.45, 7) is 0.931. The fraction of sp³-hybridized carbons (Fsp3) is 0.200. The lowest BCUT2D eigenvalue weighted by Crippen LogP contribution is -2.18. The van der Waals surface area contributed by atoms with Crippen molar-refractivity contribution >= 4 is 0 Å². The molecule has 0 amide bonds. The molecule has 0 fully saturated rings. The molecule has 0 saturated heterocycles. The Kier molecular flexibility index (Phi) is 3.28. The molecule has 2 N–H and O–H groups in total. The van der Waals surface area contributed by atoms with Gasteiger partial charge in [-0.25, -0.2) is 8.78 Å². The summed E-state index contributed by atoms with van der Waals surface area (Å²) >= 11 is 0. The number of benzene rings is 2. The smallest absolute Gasteiger partial charge is 0.161 e. The predicted octanol–water partition coefficient (Wildman–Crippen LogP) is 2.78. The molecule has 1 unspecified atom stereocenters. The minimum Gasteiger partial charge on any atom is -0.486 e. The van der Waals surface area contributed by atoms with Crippen LogP contribution in [0.4, 0.5) is 8.78 Å². The van der Waals surface area contributed by atoms with Gasteiger partial charge in [-0.2, -0.15) is 0 Å². The van der Waals surface area contributed by atoms with Crippen molar-refractivity contribution < 1.29 is 18.3 Å². The van der Waals surface area contributed by atoms with Gasteiger partial charge in [-0.3, -0.25) is 0 Å². The highest BCUT2D eigenvalue weighted by Gasteiger charge is 2.20. The van der Waals surface area contributed by atoms with Crippen molar-refractivity contribution in [3.8, 4) is 11.5 Å². The van der Waals surface area contributed by atoms with Crippen LogP contribution in [0.15, 0.2) is 36.4 Å². The van der Waals surface area contributed by atoms with Gasteiger partial charge < -0.3 is 15.2 Å². The third kappa shape index (κ3) is 2.20. The van der Waals surface area contributed by atoms with Gasteiger partial charge in [0.05, 0.1) is 6.04 Å². The van der Waals surface area contributed by atoms with Gasteiger partial charge >= 0.3 is 0 Å². The molecule has 3 nitrogen and oxygen atoms in total. The summed E-state index contributed by atoms with van der Waals surface area (Å²) in [6, 6.07) is 7.83. The van der Waals surface area contributed by atoms with Crippen LogP contribution < -0.4 is 15.2 Å². The topological polar surface area (TPSA) is 44.5 Å². The first-order valence-corrected chi connectivity index (χ1v) is 6.26. The Morgan fingerprint density at radius 3 is 2.30 bits per heavy atom. The fourth-order valence-corrected chi connectivity index (χ4v) is 2.23. The van der Waals surface area contributed by atoms with Gasteiger partial charge in [0, 0.05) is 5.56 Å². The lowest BCUT2D eigenvalue weighted by Gasteiger charge is -2.21. The summed E-state index contributed by atoms with van der Waals surface area (Å²) in [5.74, 6) is -0.165. The fourth-order valence-electron chi connectivity index (χ4n) is 2.23. The Bertz CT molecular complexity index is 626. The Balaban J connectivity index is 2.00. The Morgan fingerprint density at radius 2 is 1.60 bits per heavy atom. The van der Waals surface area contributed by atoms with E-state index in [1.54, 1.807) is 18.2 Å². The molecule has 0 bridgehead atoms. The van der Waals surface area contributed by atoms with Gasteiger partial charge in [-0.1, -0.05) is 12.1 Å². The summed E-state index contributed by atoms with van der Waals surface area (Å²) in [5.41, 5.74) is 6.39. The highest BCUT2D eigenvalue weighted by atomic mass is 19.1. The van der Waals surface area contributed by atoms with E-state index in [2.05, 4.69) is 0 Å². The van der Waals surface area contributed by atoms with Crippen molar-refractivity contribution in [3.63, 3.8) is 0 Å². The van der Waals surface area contributed by atoms with Gasteiger partial charge in [-0.05, 0) is 29.8 Å². The molecule has 20 heavy (non-hydrogen) atoms. The first-order valence-electron chi connectivity index (χ1n) is 6.26. The third-order valence-electron chi connectivity index (χ3n) is 3.24. The maximum atomic E-state index is 13.7. The molecular weight excluding hydrogens is 264 g/mol. The molecule has 0 aromatic heterocycles. The van der Waals surface area contributed by atoms with Crippen molar-refractivity contribution in [2.75, 3.05) is 13.2 Å². The second kappa shape index (κ2) is 5.09. The molecule has 104 valence electrons. The third-order valence-corrected chi connectivity index (χ3v) is 3.24. The average Bonchev–Trinajstić information content (AvgIpc) is 2.46. The van der Waals surface area contributed by atoms with E-state index in [9.17, 15) is 8.78 Å². The molecular formula is C15H13F2NO2. The van der Waals surface area contributed by atoms with Crippen LogP contribution in [0.5, 0.6) is 11.5 Å². The standard InChI is InChI=1S/C15H13F2NO2/c16-10-2-1-3-11(17)14(10)15(18)9-4-5-12-13(8-9)20-7-6-19-12/h1-5,8,15H,6-7,18H2. The molecule has 0 aliphatic carbocycles. The molecule has 0 saturated carbocycles. The summed E-state index contributed by atoms with van der Waals surface area (Å²) in [7, 11) is 0. The number of nitrogens with two attached hydrogens (primary N) is 1. The zero-order valence-corrected chi connectivity index (χ0v) is 10.6. The first-order chi connectivity index (χ1) is 9.66. The van der Waals surface area contributed by atoms with E-state index in [1.165, 1.54) is 18.2 Å². The molecule has 1 heterocycles. The van der Waals surface area contributed by atoms with E-state index in [1.807, 2.05) is 0 Å². The van der Waals surface area contributed by atoms with E-state index in [4.69, 9.17) is 15.2 Å². The zero-order chi connectivity index (χ0) is 14.1. The van der Waals surface area contributed by atoms with E-state index >= 15 is 0 Å². The summed E-state index contributed by atoms with van der Waals surface area (Å²) in [4.78, 5) is 0. The SMILES string of the molecule is NC(c1ccc2c(c1)OCCO2)c1c(F)cccc1F. The van der Waals surface area contributed by atoms with Crippen LogP contribution >= 0.6 is 0 Å². The lowest BCUT2D eigenvalue weighted by molar-refractivity contribution is 0.171. The van der Waals surface area contributed by atoms with Gasteiger partial charge in [0.15, 0.2) is 11.5 Å². The highest BCUT2D eigenvalue weighted by molar-refractivity contribution is 5.46. The maximum absolute atomic E-state index is 13.7. The van der Waals surface area contributed by atoms with Crippen LogP contribution in [0.2, 0.25) is 0 Å². The number of hydrogen-bond donors (Lipinski definition) is 1. The summed E-state index contributed by atoms with van der Waals surface area (Å²) in [6.07, 6.45) is 0. The number of ether oxygens (including phenoxy) is 2. The Hall–Kier alpha value is -2.14. The number of hydrogen-bond acceptors (Lipinski definition) is 3. The van der Waals surface area contributed by atoms with E-state index in [0.717, 1.165) is 0 Å². The quantitative estimate of drug-likeness (QED) is 0.918. The number of fused-ring (bicyclic) bond motifs is 1. The maximum Gasteiger partial charge on any atom is 0.161 e. The minimum atomic E-state index is -0.896. The predicted molar refractivity (Wildman–Crippen MR) is 69.8 cm³/mol. The van der Waals surface area contributed by atoms with Crippen LogP contribution in [0.25, 0.3) is 0 Å². The van der Waals surface area contributed by atoms with E-state index in [0.29, 0.717) is 30.3 Å². The summed E-state index contributed by atoms with van der Waals surface area (Å²) in [5, 5.41) is 0. The van der Waals surface area contributed by atoms with Gasteiger partial charge in [-0.15, -0.1) is 0 Å². The van der Waals surface area contributed by atoms with Gasteiger partial charge in [0.25, 0.3) is 0 Å². The van der Waals surface area contributed by atoms with Gasteiger partial charge in [0.2, 0.25) is 0 Å². The lowest BCUT2D eigenvalue weighted by atomic mass is 9.98. The summed E-state index contributed by atoms with van der Waals surface area (Å²) < 4.78 is 38.3. The molecule has 1 atom stereocenters. The average molecular weight is 277 g/mol. The van der Waals surface area contributed by atoms with Crippen LogP contribution in [-0.2, 0) is 0 Å². The minimum absolute atomic E-state index is 0.149. The zero-order valence-electron chi connectivity index (χ0n) is 10.6. The van der Waals surface area contributed by atoms with Crippen LogP contribution in [0, 0.1) is 11.6 Å². The first kappa shape index (κ1) is 12.9. The largest absolute Gasteiger partial charge is 0.486 e. The Morgan fingerprint density at radius 1 is 0.950 bits per heavy atom. The van der Waals surface area contributed by atoms with E-state index < -0.39 is 17.7 Å². The second-order valence-electron chi connectivity index (χ2n) is 4.52. The molecule has 1 aliphatic rings. The van der Waals surface area contributed by atoms with Crippen LogP contribution in [0.1, 0.15) is 17.2 Å². The molecule has 3 rings (SSSR count). The van der Waals surface area contributed by atoms with Crippen molar-refractivity contribution in [2.45, 2.75) is 6.04 Å². The van der Waals surface area contributed by atoms with Crippen molar-refractivity contribution in [1.29, 1.82) is 0 Å². The van der Waals surface area contributed by atoms with Crippen molar-refractivity contribution in [3.05, 3.63) is 59.2 Å². The van der Waals surface area contributed by atoms with Crippen molar-refractivity contribution in [2.24, 2.45) is 5.73 Å². The van der Waals surface area contributed by atoms with Crippen molar-refractivity contribution in [1.82, 2.24) is 0 Å². The molecule has 5 heteroatoms. The molecule has 1 aliphatic heterocycles. The van der Waals surface area contributed by atoms with Crippen LogP contribution in [0.3, 0.4) is 0 Å². The monoisotopic (exact) mass is 277 g/mol. The van der Waals surface area contributed by atoms with E-state index in [-0.39, 0.29) is 5.56 Å². The highest BCUT2D eigenvalue weighted by Crippen LogP contribution is 2.34. The van der Waals surface area contributed by atoms with Gasteiger partial charge in [0.1, 0.15) is 24.8 Å². The molecule has 0 spiro atoms. The second-order valence-corrected chi connectivity index (χ2v) is 4.52. The van der Waals surface area contributed by atoms with Crippen LogP contribution in [-0.4, -0.2) is 13.2 Å². The normalized spacial score (nSPS) is 14.9. The molecule has 2 aromatic carbocycles. The number of rotatable bonds is 2. The Labute approximate surface area is 114 Å².